The summed E-state index contributed by atoms with van der Waals surface area (Å²) in [7, 11) is 0. The van der Waals surface area contributed by atoms with Crippen molar-refractivity contribution in [3.8, 4) is 0 Å². The van der Waals surface area contributed by atoms with E-state index in [-0.39, 0.29) is 24.4 Å². The molecule has 2 aromatic rings. The van der Waals surface area contributed by atoms with E-state index in [1.807, 2.05) is 30.3 Å². The fourth-order valence-corrected chi connectivity index (χ4v) is 2.64. The average Bonchev–Trinajstić information content (AvgIpc) is 2.61. The Labute approximate surface area is 150 Å². The Morgan fingerprint density at radius 1 is 1.12 bits per heavy atom. The van der Waals surface area contributed by atoms with Crippen molar-refractivity contribution in [1.82, 2.24) is 5.32 Å². The standard InChI is InChI=1S/C19H20N2O5/c1-13(15-5-3-2-4-6-15)19(24)20-16(12-18(22)23)11-14-7-9-17(10-8-14)21(25)26/h2-10,13,16H,11-12H2,1H3,(H,20,24)(H,22,23)/t13?,16-/m0/s1. The first kappa shape index (κ1) is 19.1. The predicted molar refractivity (Wildman–Crippen MR) is 95.8 cm³/mol. The number of rotatable bonds is 8. The summed E-state index contributed by atoms with van der Waals surface area (Å²) in [6.45, 7) is 1.76. The van der Waals surface area contributed by atoms with E-state index in [1.165, 1.54) is 12.1 Å². The second-order valence-corrected chi connectivity index (χ2v) is 6.06. The van der Waals surface area contributed by atoms with Crippen LogP contribution < -0.4 is 5.32 Å². The van der Waals surface area contributed by atoms with Gasteiger partial charge in [0.15, 0.2) is 0 Å². The first-order valence-corrected chi connectivity index (χ1v) is 8.17. The largest absolute Gasteiger partial charge is 0.481 e. The summed E-state index contributed by atoms with van der Waals surface area (Å²) in [6, 6.07) is 14.5. The van der Waals surface area contributed by atoms with Crippen molar-refractivity contribution in [2.45, 2.75) is 31.7 Å². The molecule has 1 amide bonds. The highest BCUT2D eigenvalue weighted by atomic mass is 16.6. The maximum Gasteiger partial charge on any atom is 0.305 e. The minimum Gasteiger partial charge on any atom is -0.481 e. The molecule has 0 aliphatic heterocycles. The van der Waals surface area contributed by atoms with E-state index in [0.717, 1.165) is 11.1 Å². The lowest BCUT2D eigenvalue weighted by Gasteiger charge is -2.20. The van der Waals surface area contributed by atoms with Crippen LogP contribution in [0.5, 0.6) is 0 Å². The third-order valence-electron chi connectivity index (χ3n) is 4.09. The van der Waals surface area contributed by atoms with Crippen LogP contribution in [0.3, 0.4) is 0 Å². The van der Waals surface area contributed by atoms with E-state index >= 15 is 0 Å². The summed E-state index contributed by atoms with van der Waals surface area (Å²) in [5.74, 6) is -1.70. The van der Waals surface area contributed by atoms with Crippen LogP contribution in [-0.4, -0.2) is 27.9 Å². The van der Waals surface area contributed by atoms with Gasteiger partial charge in [0.1, 0.15) is 0 Å². The molecule has 0 radical (unpaired) electrons. The monoisotopic (exact) mass is 356 g/mol. The summed E-state index contributed by atoms with van der Waals surface area (Å²) in [4.78, 5) is 33.8. The number of nitrogens with one attached hydrogen (secondary N) is 1. The van der Waals surface area contributed by atoms with Crippen LogP contribution >= 0.6 is 0 Å². The zero-order valence-corrected chi connectivity index (χ0v) is 14.3. The van der Waals surface area contributed by atoms with E-state index in [1.54, 1.807) is 19.1 Å². The number of aliphatic carboxylic acids is 1. The number of amides is 1. The van der Waals surface area contributed by atoms with E-state index in [9.17, 15) is 19.7 Å². The lowest BCUT2D eigenvalue weighted by Crippen LogP contribution is -2.40. The molecule has 1 unspecified atom stereocenters. The molecule has 2 aromatic carbocycles. The number of carboxylic acid groups (broad SMARTS) is 1. The van der Waals surface area contributed by atoms with Gasteiger partial charge < -0.3 is 10.4 Å². The first-order chi connectivity index (χ1) is 12.4. The second-order valence-electron chi connectivity index (χ2n) is 6.06. The maximum atomic E-state index is 12.5. The third-order valence-corrected chi connectivity index (χ3v) is 4.09. The van der Waals surface area contributed by atoms with Crippen molar-refractivity contribution >= 4 is 17.6 Å². The van der Waals surface area contributed by atoms with Crippen LogP contribution in [-0.2, 0) is 16.0 Å². The van der Waals surface area contributed by atoms with Gasteiger partial charge >= 0.3 is 5.97 Å². The van der Waals surface area contributed by atoms with Crippen molar-refractivity contribution < 1.29 is 19.6 Å². The molecule has 0 heterocycles. The van der Waals surface area contributed by atoms with Gasteiger partial charge in [-0.2, -0.15) is 0 Å². The Morgan fingerprint density at radius 2 is 1.73 bits per heavy atom. The minimum absolute atomic E-state index is 0.0368. The lowest BCUT2D eigenvalue weighted by molar-refractivity contribution is -0.384. The highest BCUT2D eigenvalue weighted by molar-refractivity contribution is 5.84. The Bertz CT molecular complexity index is 774. The van der Waals surface area contributed by atoms with Gasteiger partial charge in [-0.3, -0.25) is 19.7 Å². The molecular weight excluding hydrogens is 336 g/mol. The van der Waals surface area contributed by atoms with Crippen LogP contribution in [0.15, 0.2) is 54.6 Å². The molecule has 0 aliphatic carbocycles. The molecule has 0 fully saturated rings. The average molecular weight is 356 g/mol. The van der Waals surface area contributed by atoms with Crippen molar-refractivity contribution in [3.05, 3.63) is 75.8 Å². The summed E-state index contributed by atoms with van der Waals surface area (Å²) >= 11 is 0. The van der Waals surface area contributed by atoms with Gasteiger partial charge in [0.25, 0.3) is 5.69 Å². The van der Waals surface area contributed by atoms with E-state index in [4.69, 9.17) is 5.11 Å². The van der Waals surface area contributed by atoms with Gasteiger partial charge in [-0.25, -0.2) is 0 Å². The van der Waals surface area contributed by atoms with Crippen LogP contribution in [0, 0.1) is 10.1 Å². The molecule has 7 heteroatoms. The van der Waals surface area contributed by atoms with Gasteiger partial charge in [-0.1, -0.05) is 42.5 Å². The molecule has 0 bridgehead atoms. The molecule has 0 saturated carbocycles. The molecule has 0 saturated heterocycles. The smallest absolute Gasteiger partial charge is 0.305 e. The summed E-state index contributed by atoms with van der Waals surface area (Å²) in [5.41, 5.74) is 1.52. The maximum absolute atomic E-state index is 12.5. The van der Waals surface area contributed by atoms with Crippen molar-refractivity contribution in [1.29, 1.82) is 0 Å². The number of nitro groups is 1. The van der Waals surface area contributed by atoms with Crippen molar-refractivity contribution in [3.63, 3.8) is 0 Å². The fraction of sp³-hybridized carbons (Fsp3) is 0.263. The summed E-state index contributed by atoms with van der Waals surface area (Å²) < 4.78 is 0. The Kier molecular flexibility index (Phi) is 6.43. The molecular formula is C19H20N2O5. The van der Waals surface area contributed by atoms with Gasteiger partial charge in [0.05, 0.1) is 17.3 Å². The minimum atomic E-state index is -1.02. The predicted octanol–water partition coefficient (Wildman–Crippen LogP) is 2.90. The number of hydrogen-bond donors (Lipinski definition) is 2. The SMILES string of the molecule is CC(C(=O)N[C@H](CC(=O)O)Cc1ccc([N+](=O)[O-])cc1)c1ccccc1. The number of benzene rings is 2. The van der Waals surface area contributed by atoms with Gasteiger partial charge in [0, 0.05) is 18.2 Å². The first-order valence-electron chi connectivity index (χ1n) is 8.17. The molecule has 7 nitrogen and oxygen atoms in total. The number of carbonyl (C=O) groups is 2. The van der Waals surface area contributed by atoms with Crippen LogP contribution in [0.25, 0.3) is 0 Å². The highest BCUT2D eigenvalue weighted by Gasteiger charge is 2.21. The normalized spacial score (nSPS) is 12.8. The fourth-order valence-electron chi connectivity index (χ4n) is 2.64. The van der Waals surface area contributed by atoms with E-state index in [0.29, 0.717) is 0 Å². The number of carbonyl (C=O) groups excluding carboxylic acids is 1. The number of nitro benzene ring substituents is 1. The zero-order chi connectivity index (χ0) is 19.1. The third kappa shape index (κ3) is 5.41. The number of nitrogens with zero attached hydrogens (tertiary/aromatic N) is 1. The Morgan fingerprint density at radius 3 is 2.27 bits per heavy atom. The lowest BCUT2D eigenvalue weighted by atomic mass is 9.98. The number of hydrogen-bond acceptors (Lipinski definition) is 4. The second kappa shape index (κ2) is 8.75. The molecule has 2 N–H and O–H groups in total. The van der Waals surface area contributed by atoms with Crippen LogP contribution in [0.2, 0.25) is 0 Å². The van der Waals surface area contributed by atoms with Crippen molar-refractivity contribution in [2.24, 2.45) is 0 Å². The topological polar surface area (TPSA) is 110 Å². The molecule has 0 spiro atoms. The molecule has 136 valence electrons. The zero-order valence-electron chi connectivity index (χ0n) is 14.3. The van der Waals surface area contributed by atoms with Crippen molar-refractivity contribution in [2.75, 3.05) is 0 Å². The van der Waals surface area contributed by atoms with Gasteiger partial charge in [-0.15, -0.1) is 0 Å². The number of carboxylic acids is 1. The van der Waals surface area contributed by atoms with Gasteiger partial charge in [-0.05, 0) is 24.5 Å². The molecule has 26 heavy (non-hydrogen) atoms. The van der Waals surface area contributed by atoms with E-state index < -0.39 is 22.9 Å². The van der Waals surface area contributed by atoms with Crippen LogP contribution in [0.1, 0.15) is 30.4 Å². The summed E-state index contributed by atoms with van der Waals surface area (Å²) in [5, 5.41) is 22.6. The highest BCUT2D eigenvalue weighted by Crippen LogP contribution is 2.17. The number of non-ortho nitro benzene ring substituents is 1. The summed E-state index contributed by atoms with van der Waals surface area (Å²) in [6.07, 6.45) is 0.0434. The molecule has 2 rings (SSSR count). The Hall–Kier alpha value is -3.22. The molecule has 0 aromatic heterocycles. The van der Waals surface area contributed by atoms with Crippen LogP contribution in [0.4, 0.5) is 5.69 Å². The Balaban J connectivity index is 2.07. The molecule has 0 aliphatic rings. The molecule has 2 atom stereocenters. The van der Waals surface area contributed by atoms with Gasteiger partial charge in [0.2, 0.25) is 5.91 Å². The van der Waals surface area contributed by atoms with E-state index in [2.05, 4.69) is 5.32 Å². The quantitative estimate of drug-likeness (QED) is 0.558.